The third-order valence-corrected chi connectivity index (χ3v) is 4.23. The summed E-state index contributed by atoms with van der Waals surface area (Å²) in [6, 6.07) is 22.9. The molecule has 0 saturated carbocycles. The Bertz CT molecular complexity index is 1050. The molecule has 0 aliphatic carbocycles. The van der Waals surface area contributed by atoms with Crippen LogP contribution >= 0.6 is 11.6 Å². The van der Waals surface area contributed by atoms with Crippen molar-refractivity contribution in [2.24, 2.45) is 0 Å². The third kappa shape index (κ3) is 4.79. The second-order valence-corrected chi connectivity index (χ2v) is 6.30. The van der Waals surface area contributed by atoms with Gasteiger partial charge in [-0.25, -0.2) is 4.79 Å². The number of methoxy groups -OCH3 is 1. The predicted molar refractivity (Wildman–Crippen MR) is 109 cm³/mol. The first-order chi connectivity index (χ1) is 13.6. The van der Waals surface area contributed by atoms with E-state index < -0.39 is 5.97 Å². The van der Waals surface area contributed by atoms with Crippen LogP contribution in [-0.2, 0) is 0 Å². The van der Waals surface area contributed by atoms with E-state index in [9.17, 15) is 10.1 Å². The van der Waals surface area contributed by atoms with Gasteiger partial charge < -0.3 is 9.47 Å². The van der Waals surface area contributed by atoms with Crippen molar-refractivity contribution in [1.29, 1.82) is 5.26 Å². The van der Waals surface area contributed by atoms with E-state index in [2.05, 4.69) is 6.07 Å². The molecular weight excluding hydrogens is 374 g/mol. The van der Waals surface area contributed by atoms with Gasteiger partial charge in [0.2, 0.25) is 0 Å². The number of carbonyl (C=O) groups is 1. The van der Waals surface area contributed by atoms with Crippen LogP contribution in [0.3, 0.4) is 0 Å². The van der Waals surface area contributed by atoms with Crippen molar-refractivity contribution in [1.82, 2.24) is 0 Å². The average Bonchev–Trinajstić information content (AvgIpc) is 2.73. The van der Waals surface area contributed by atoms with Crippen molar-refractivity contribution in [2.45, 2.75) is 0 Å². The summed E-state index contributed by atoms with van der Waals surface area (Å²) in [5, 5.41) is 10.1. The van der Waals surface area contributed by atoms with Gasteiger partial charge in [-0.3, -0.25) is 0 Å². The molecule has 0 N–H and O–H groups in total. The summed E-state index contributed by atoms with van der Waals surface area (Å²) in [5.41, 5.74) is 2.40. The van der Waals surface area contributed by atoms with E-state index in [1.807, 2.05) is 6.07 Å². The first-order valence-electron chi connectivity index (χ1n) is 8.43. The van der Waals surface area contributed by atoms with Crippen LogP contribution in [0.15, 0.2) is 72.8 Å². The molecule has 0 spiro atoms. The van der Waals surface area contributed by atoms with Crippen molar-refractivity contribution < 1.29 is 14.3 Å². The predicted octanol–water partition coefficient (Wildman–Crippen LogP) is 5.63. The van der Waals surface area contributed by atoms with Gasteiger partial charge in [0.05, 0.1) is 24.3 Å². The van der Waals surface area contributed by atoms with Crippen LogP contribution in [-0.4, -0.2) is 13.1 Å². The number of carbonyl (C=O) groups excluding carboxylic acids is 1. The Hall–Kier alpha value is -3.55. The molecule has 0 aliphatic rings. The van der Waals surface area contributed by atoms with E-state index >= 15 is 0 Å². The molecule has 0 amide bonds. The smallest absolute Gasteiger partial charge is 0.343 e. The molecule has 0 bridgehead atoms. The lowest BCUT2D eigenvalue weighted by Crippen LogP contribution is -2.08. The molecule has 0 aliphatic heterocycles. The second kappa shape index (κ2) is 8.90. The van der Waals surface area contributed by atoms with E-state index in [1.54, 1.807) is 79.9 Å². The Kier molecular flexibility index (Phi) is 6.11. The van der Waals surface area contributed by atoms with Gasteiger partial charge in [-0.1, -0.05) is 35.9 Å². The van der Waals surface area contributed by atoms with Crippen molar-refractivity contribution in [3.63, 3.8) is 0 Å². The minimum Gasteiger partial charge on any atom is -0.497 e. The molecule has 0 unspecified atom stereocenters. The molecule has 28 heavy (non-hydrogen) atoms. The Balaban J connectivity index is 1.80. The standard InChI is InChI=1S/C23H16ClNO3/c1-27-21-11-7-18(8-12-21)23(26)28-22-4-2-3-16(14-22)13-19(15-25)17-5-9-20(24)10-6-17/h2-14H,1H3/b19-13-. The van der Waals surface area contributed by atoms with E-state index in [0.717, 1.165) is 11.1 Å². The van der Waals surface area contributed by atoms with Crippen LogP contribution in [0.25, 0.3) is 11.6 Å². The molecule has 3 aromatic carbocycles. The Morgan fingerprint density at radius 3 is 2.29 bits per heavy atom. The highest BCUT2D eigenvalue weighted by molar-refractivity contribution is 6.30. The van der Waals surface area contributed by atoms with Gasteiger partial charge in [0.15, 0.2) is 0 Å². The fourth-order valence-corrected chi connectivity index (χ4v) is 2.66. The SMILES string of the molecule is COc1ccc(C(=O)Oc2cccc(/C=C(/C#N)c3ccc(Cl)cc3)c2)cc1. The van der Waals surface area contributed by atoms with Gasteiger partial charge in [0, 0.05) is 5.02 Å². The average molecular weight is 390 g/mol. The van der Waals surface area contributed by atoms with Gasteiger partial charge in [0.25, 0.3) is 0 Å². The number of hydrogen-bond donors (Lipinski definition) is 0. The molecule has 138 valence electrons. The fourth-order valence-electron chi connectivity index (χ4n) is 2.54. The number of benzene rings is 3. The van der Waals surface area contributed by atoms with Crippen molar-refractivity contribution in [3.8, 4) is 17.6 Å². The minimum atomic E-state index is -0.470. The lowest BCUT2D eigenvalue weighted by Gasteiger charge is -2.06. The first-order valence-corrected chi connectivity index (χ1v) is 8.81. The fraction of sp³-hybridized carbons (Fsp3) is 0.0435. The molecule has 3 aromatic rings. The van der Waals surface area contributed by atoms with Crippen LogP contribution < -0.4 is 9.47 Å². The zero-order chi connectivity index (χ0) is 19.9. The second-order valence-electron chi connectivity index (χ2n) is 5.87. The number of halogens is 1. The van der Waals surface area contributed by atoms with E-state index in [-0.39, 0.29) is 0 Å². The number of rotatable bonds is 5. The summed E-state index contributed by atoms with van der Waals surface area (Å²) >= 11 is 5.90. The Morgan fingerprint density at radius 2 is 1.64 bits per heavy atom. The molecule has 0 aromatic heterocycles. The van der Waals surface area contributed by atoms with Crippen molar-refractivity contribution in [2.75, 3.05) is 7.11 Å². The molecule has 0 saturated heterocycles. The Labute approximate surface area is 168 Å². The number of nitriles is 1. The van der Waals surface area contributed by atoms with E-state index in [1.165, 1.54) is 0 Å². The summed E-state index contributed by atoms with van der Waals surface area (Å²) in [4.78, 5) is 12.3. The molecule has 0 atom stereocenters. The number of allylic oxidation sites excluding steroid dienone is 1. The normalized spacial score (nSPS) is 10.8. The Morgan fingerprint density at radius 1 is 0.964 bits per heavy atom. The van der Waals surface area contributed by atoms with Gasteiger partial charge in [-0.15, -0.1) is 0 Å². The summed E-state index contributed by atoms with van der Waals surface area (Å²) in [6.07, 6.45) is 1.73. The highest BCUT2D eigenvalue weighted by Gasteiger charge is 2.09. The molecular formula is C23H16ClNO3. The molecule has 3 rings (SSSR count). The van der Waals surface area contributed by atoms with E-state index in [4.69, 9.17) is 21.1 Å². The number of nitrogens with zero attached hydrogens (tertiary/aromatic N) is 1. The molecule has 0 radical (unpaired) electrons. The monoisotopic (exact) mass is 389 g/mol. The van der Waals surface area contributed by atoms with Crippen LogP contribution in [0, 0.1) is 11.3 Å². The lowest BCUT2D eigenvalue weighted by molar-refractivity contribution is 0.0734. The van der Waals surface area contributed by atoms with Gasteiger partial charge in [-0.2, -0.15) is 5.26 Å². The van der Waals surface area contributed by atoms with Gasteiger partial charge >= 0.3 is 5.97 Å². The van der Waals surface area contributed by atoms with Crippen molar-refractivity contribution in [3.05, 3.63) is 94.5 Å². The number of hydrogen-bond acceptors (Lipinski definition) is 4. The van der Waals surface area contributed by atoms with Crippen LogP contribution in [0.5, 0.6) is 11.5 Å². The summed E-state index contributed by atoms with van der Waals surface area (Å²) in [5.74, 6) is 0.583. The highest BCUT2D eigenvalue weighted by Crippen LogP contribution is 2.23. The van der Waals surface area contributed by atoms with E-state index in [0.29, 0.717) is 27.7 Å². The number of ether oxygens (including phenoxy) is 2. The topological polar surface area (TPSA) is 59.3 Å². The molecule has 0 fully saturated rings. The van der Waals surface area contributed by atoms with Crippen LogP contribution in [0.4, 0.5) is 0 Å². The summed E-state index contributed by atoms with van der Waals surface area (Å²) in [7, 11) is 1.56. The quantitative estimate of drug-likeness (QED) is 0.245. The number of esters is 1. The summed E-state index contributed by atoms with van der Waals surface area (Å²) in [6.45, 7) is 0. The zero-order valence-electron chi connectivity index (χ0n) is 15.1. The zero-order valence-corrected chi connectivity index (χ0v) is 15.8. The highest BCUT2D eigenvalue weighted by atomic mass is 35.5. The van der Waals surface area contributed by atoms with Crippen LogP contribution in [0.2, 0.25) is 5.02 Å². The maximum Gasteiger partial charge on any atom is 0.343 e. The largest absolute Gasteiger partial charge is 0.497 e. The van der Waals surface area contributed by atoms with Gasteiger partial charge in [0.1, 0.15) is 11.5 Å². The lowest BCUT2D eigenvalue weighted by atomic mass is 10.0. The summed E-state index contributed by atoms with van der Waals surface area (Å²) < 4.78 is 10.5. The molecule has 0 heterocycles. The molecule has 4 nitrogen and oxygen atoms in total. The van der Waals surface area contributed by atoms with Crippen LogP contribution in [0.1, 0.15) is 21.5 Å². The van der Waals surface area contributed by atoms with Gasteiger partial charge in [-0.05, 0) is 65.7 Å². The van der Waals surface area contributed by atoms with Crippen molar-refractivity contribution >= 4 is 29.2 Å². The minimum absolute atomic E-state index is 0.392. The molecule has 5 heteroatoms. The third-order valence-electron chi connectivity index (χ3n) is 3.98. The maximum atomic E-state index is 12.3. The first kappa shape index (κ1) is 19.2. The maximum absolute atomic E-state index is 12.3.